The molecule has 2 heterocycles. The summed E-state index contributed by atoms with van der Waals surface area (Å²) in [5.41, 5.74) is -0.372. The van der Waals surface area contributed by atoms with Crippen LogP contribution in [0.5, 0.6) is 5.75 Å². The third-order valence-corrected chi connectivity index (χ3v) is 6.65. The number of carbonyl (C=O) groups is 1. The van der Waals surface area contributed by atoms with Gasteiger partial charge >= 0.3 is 0 Å². The molecule has 1 fully saturated rings. The van der Waals surface area contributed by atoms with E-state index in [4.69, 9.17) is 11.6 Å². The van der Waals surface area contributed by atoms with Gasteiger partial charge < -0.3 is 10.0 Å². The summed E-state index contributed by atoms with van der Waals surface area (Å²) in [6.07, 6.45) is 3.63. The number of halogens is 3. The second-order valence-corrected chi connectivity index (χ2v) is 9.17. The number of phenols is 1. The van der Waals surface area contributed by atoms with Gasteiger partial charge in [0, 0.05) is 48.2 Å². The molecule has 3 aromatic rings. The molecular formula is C21H16ClF2N3O4S. The van der Waals surface area contributed by atoms with E-state index in [-0.39, 0.29) is 16.1 Å². The largest absolute Gasteiger partial charge is 0.505 e. The Morgan fingerprint density at radius 1 is 1.16 bits per heavy atom. The average molecular weight is 480 g/mol. The standard InChI is InChI=1S/C21H16ClF2N3O4S/c22-15-7-13(21(29)27-5-2-6-27)8-19(20(15)28)32(30,31)26-18-9-14(16(23)10-17(18)24)12-3-1-4-25-11-12/h1,3-4,7-11,26,28H,2,5-6H2. The molecule has 4 rings (SSSR count). The van der Waals surface area contributed by atoms with Gasteiger partial charge in [0.25, 0.3) is 15.9 Å². The summed E-state index contributed by atoms with van der Waals surface area (Å²) in [6.45, 7) is 1.05. The first-order valence-corrected chi connectivity index (χ1v) is 11.3. The van der Waals surface area contributed by atoms with Crippen LogP contribution in [0.1, 0.15) is 16.8 Å². The fourth-order valence-electron chi connectivity index (χ4n) is 3.17. The Morgan fingerprint density at radius 2 is 1.91 bits per heavy atom. The lowest BCUT2D eigenvalue weighted by atomic mass is 10.1. The maximum absolute atomic E-state index is 14.4. The number of benzene rings is 2. The fourth-order valence-corrected chi connectivity index (χ4v) is 4.65. The van der Waals surface area contributed by atoms with Gasteiger partial charge in [-0.05, 0) is 30.7 Å². The van der Waals surface area contributed by atoms with E-state index in [2.05, 4.69) is 4.98 Å². The Balaban J connectivity index is 1.74. The fraction of sp³-hybridized carbons (Fsp3) is 0.143. The molecule has 0 unspecified atom stereocenters. The molecule has 0 saturated carbocycles. The van der Waals surface area contributed by atoms with Crippen molar-refractivity contribution in [3.8, 4) is 16.9 Å². The highest BCUT2D eigenvalue weighted by Gasteiger charge is 2.28. The first-order chi connectivity index (χ1) is 15.2. The van der Waals surface area contributed by atoms with Gasteiger partial charge in [0.2, 0.25) is 0 Å². The summed E-state index contributed by atoms with van der Waals surface area (Å²) in [4.78, 5) is 17.1. The molecule has 0 spiro atoms. The highest BCUT2D eigenvalue weighted by atomic mass is 35.5. The van der Waals surface area contributed by atoms with Crippen molar-refractivity contribution in [1.82, 2.24) is 9.88 Å². The highest BCUT2D eigenvalue weighted by Crippen LogP contribution is 2.35. The van der Waals surface area contributed by atoms with Gasteiger partial charge in [-0.2, -0.15) is 0 Å². The van der Waals surface area contributed by atoms with Crippen molar-refractivity contribution in [2.45, 2.75) is 11.3 Å². The van der Waals surface area contributed by atoms with Crippen molar-refractivity contribution >= 4 is 33.2 Å². The van der Waals surface area contributed by atoms with E-state index in [1.54, 1.807) is 6.07 Å². The number of phenolic OH excluding ortho intramolecular Hbond substituents is 1. The number of likely N-dealkylation sites (tertiary alicyclic amines) is 1. The second kappa shape index (κ2) is 8.36. The number of aromatic nitrogens is 1. The summed E-state index contributed by atoms with van der Waals surface area (Å²) in [5.74, 6) is -3.32. The zero-order valence-electron chi connectivity index (χ0n) is 16.3. The molecule has 166 valence electrons. The van der Waals surface area contributed by atoms with Gasteiger partial charge in [0.1, 0.15) is 16.5 Å². The van der Waals surface area contributed by atoms with Gasteiger partial charge in [0.15, 0.2) is 5.75 Å². The number of aromatic hydroxyl groups is 1. The monoisotopic (exact) mass is 479 g/mol. The number of carbonyl (C=O) groups excluding carboxylic acids is 1. The van der Waals surface area contributed by atoms with Crippen LogP contribution in [0.2, 0.25) is 5.02 Å². The molecule has 11 heteroatoms. The van der Waals surface area contributed by atoms with Crippen LogP contribution < -0.4 is 4.72 Å². The van der Waals surface area contributed by atoms with E-state index in [0.29, 0.717) is 24.7 Å². The molecule has 1 saturated heterocycles. The zero-order chi connectivity index (χ0) is 23.0. The number of sulfonamides is 1. The van der Waals surface area contributed by atoms with Crippen molar-refractivity contribution < 1.29 is 27.1 Å². The lowest BCUT2D eigenvalue weighted by molar-refractivity contribution is 0.0651. The zero-order valence-corrected chi connectivity index (χ0v) is 17.9. The van der Waals surface area contributed by atoms with Crippen LogP contribution in [0, 0.1) is 11.6 Å². The summed E-state index contributed by atoms with van der Waals surface area (Å²) in [6, 6.07) is 6.72. The van der Waals surface area contributed by atoms with Crippen LogP contribution in [-0.4, -0.2) is 42.4 Å². The number of pyridine rings is 1. The lowest BCUT2D eigenvalue weighted by Crippen LogP contribution is -2.42. The minimum Gasteiger partial charge on any atom is -0.505 e. The first-order valence-electron chi connectivity index (χ1n) is 9.41. The maximum Gasteiger partial charge on any atom is 0.265 e. The lowest BCUT2D eigenvalue weighted by Gasteiger charge is -2.31. The van der Waals surface area contributed by atoms with Crippen molar-refractivity contribution in [3.63, 3.8) is 0 Å². The molecule has 1 aliphatic rings. The van der Waals surface area contributed by atoms with Gasteiger partial charge in [-0.1, -0.05) is 17.7 Å². The normalized spacial score (nSPS) is 13.5. The molecule has 1 amide bonds. The Morgan fingerprint density at radius 3 is 2.53 bits per heavy atom. The van der Waals surface area contributed by atoms with E-state index in [1.165, 1.54) is 23.4 Å². The molecule has 0 atom stereocenters. The van der Waals surface area contributed by atoms with Crippen molar-refractivity contribution in [2.75, 3.05) is 17.8 Å². The predicted octanol–water partition coefficient (Wildman–Crippen LogP) is 4.03. The minimum atomic E-state index is -4.60. The van der Waals surface area contributed by atoms with Crippen LogP contribution in [0.4, 0.5) is 14.5 Å². The van der Waals surface area contributed by atoms with Crippen LogP contribution in [-0.2, 0) is 10.0 Å². The molecule has 7 nitrogen and oxygen atoms in total. The minimum absolute atomic E-state index is 0.0384. The Labute approximate surface area is 187 Å². The number of hydrogen-bond acceptors (Lipinski definition) is 5. The third-order valence-electron chi connectivity index (χ3n) is 4.98. The van der Waals surface area contributed by atoms with E-state index >= 15 is 0 Å². The van der Waals surface area contributed by atoms with E-state index in [0.717, 1.165) is 24.6 Å². The Kier molecular flexibility index (Phi) is 5.74. The average Bonchev–Trinajstić information content (AvgIpc) is 2.71. The SMILES string of the molecule is O=C(c1cc(Cl)c(O)c(S(=O)(=O)Nc2cc(-c3cccnc3)c(F)cc2F)c1)N1CCC1. The van der Waals surface area contributed by atoms with E-state index < -0.39 is 43.9 Å². The molecule has 1 aromatic heterocycles. The molecule has 2 N–H and O–H groups in total. The third kappa shape index (κ3) is 4.11. The molecule has 1 aliphatic heterocycles. The van der Waals surface area contributed by atoms with E-state index in [9.17, 15) is 27.1 Å². The van der Waals surface area contributed by atoms with Gasteiger partial charge in [-0.25, -0.2) is 17.2 Å². The number of amides is 1. The second-order valence-electron chi connectivity index (χ2n) is 7.11. The summed E-state index contributed by atoms with van der Waals surface area (Å²) in [7, 11) is -4.60. The topological polar surface area (TPSA) is 99.6 Å². The van der Waals surface area contributed by atoms with Crippen LogP contribution in [0.15, 0.2) is 53.7 Å². The van der Waals surface area contributed by atoms with Crippen molar-refractivity contribution in [3.05, 3.63) is 71.0 Å². The van der Waals surface area contributed by atoms with Crippen molar-refractivity contribution in [1.29, 1.82) is 0 Å². The smallest absolute Gasteiger partial charge is 0.265 e. The molecular weight excluding hydrogens is 464 g/mol. The molecule has 0 aliphatic carbocycles. The maximum atomic E-state index is 14.4. The van der Waals surface area contributed by atoms with E-state index in [1.807, 2.05) is 4.72 Å². The number of rotatable bonds is 5. The number of hydrogen-bond donors (Lipinski definition) is 2. The van der Waals surface area contributed by atoms with Gasteiger partial charge in [-0.15, -0.1) is 0 Å². The van der Waals surface area contributed by atoms with Crippen LogP contribution in [0.3, 0.4) is 0 Å². The summed E-state index contributed by atoms with van der Waals surface area (Å²) < 4.78 is 56.6. The number of anilines is 1. The van der Waals surface area contributed by atoms with Gasteiger partial charge in [0.05, 0.1) is 10.7 Å². The Hall–Kier alpha value is -3.24. The molecule has 0 bridgehead atoms. The molecule has 32 heavy (non-hydrogen) atoms. The quantitative estimate of drug-likeness (QED) is 0.575. The van der Waals surface area contributed by atoms with Gasteiger partial charge in [-0.3, -0.25) is 14.5 Å². The summed E-state index contributed by atoms with van der Waals surface area (Å²) in [5, 5.41) is 9.88. The predicted molar refractivity (Wildman–Crippen MR) is 114 cm³/mol. The highest BCUT2D eigenvalue weighted by molar-refractivity contribution is 7.92. The first kappa shape index (κ1) is 22.0. The molecule has 0 radical (unpaired) electrons. The van der Waals surface area contributed by atoms with Crippen LogP contribution in [0.25, 0.3) is 11.1 Å². The van der Waals surface area contributed by atoms with Crippen LogP contribution >= 0.6 is 11.6 Å². The molecule has 2 aromatic carbocycles. The number of nitrogens with zero attached hydrogens (tertiary/aromatic N) is 2. The number of nitrogens with one attached hydrogen (secondary N) is 1. The van der Waals surface area contributed by atoms with Crippen molar-refractivity contribution in [2.24, 2.45) is 0 Å². The Bertz CT molecular complexity index is 1320. The summed E-state index contributed by atoms with van der Waals surface area (Å²) >= 11 is 5.95.